The number of carbonyl (C=O) groups excluding carboxylic acids is 1. The number of hydrogen-bond donors (Lipinski definition) is 4. The molecular weight excluding hydrogens is 428 g/mol. The molecule has 4 atom stereocenters. The first kappa shape index (κ1) is 32.0. The van der Waals surface area contributed by atoms with Crippen molar-refractivity contribution >= 4 is 5.97 Å². The first-order valence-corrected chi connectivity index (χ1v) is 12.3. The maximum absolute atomic E-state index is 11.9. The van der Waals surface area contributed by atoms with Crippen LogP contribution in [0.5, 0.6) is 0 Å². The number of ether oxygens (including phenoxy) is 3. The van der Waals surface area contributed by atoms with E-state index in [0.29, 0.717) is 0 Å². The summed E-state index contributed by atoms with van der Waals surface area (Å²) >= 11 is 0. The van der Waals surface area contributed by atoms with Crippen molar-refractivity contribution in [2.24, 2.45) is 11.8 Å². The molecule has 0 aromatic heterocycles. The van der Waals surface area contributed by atoms with Gasteiger partial charge in [-0.1, -0.05) is 58.1 Å². The summed E-state index contributed by atoms with van der Waals surface area (Å²) in [6.45, 7) is 7.97. The predicted molar refractivity (Wildman–Crippen MR) is 128 cm³/mol. The standard InChI is InChI=1S/C25H48O8/c1-19(2)7-5-8-20(3)9-6-10-21(4)11-12-25(30)33-18-24(29)17-32-16-23(28)15-31-14-22(27)13-26/h11,19-20,22-24,26-29H,5-10,12-18H2,1-4H3. The Bertz CT molecular complexity index is 509. The first-order valence-electron chi connectivity index (χ1n) is 12.3. The highest BCUT2D eigenvalue weighted by Gasteiger charge is 2.12. The van der Waals surface area contributed by atoms with Gasteiger partial charge in [-0.3, -0.25) is 4.79 Å². The number of esters is 1. The van der Waals surface area contributed by atoms with Crippen LogP contribution in [0, 0.1) is 11.8 Å². The van der Waals surface area contributed by atoms with Crippen LogP contribution in [0.3, 0.4) is 0 Å². The van der Waals surface area contributed by atoms with E-state index >= 15 is 0 Å². The fourth-order valence-corrected chi connectivity index (χ4v) is 3.19. The van der Waals surface area contributed by atoms with E-state index in [2.05, 4.69) is 20.8 Å². The molecule has 0 heterocycles. The van der Waals surface area contributed by atoms with Crippen molar-refractivity contribution in [3.05, 3.63) is 11.6 Å². The molecular formula is C25H48O8. The Kier molecular flexibility index (Phi) is 19.7. The first-order chi connectivity index (χ1) is 15.6. The van der Waals surface area contributed by atoms with Gasteiger partial charge in [0, 0.05) is 0 Å². The largest absolute Gasteiger partial charge is 0.463 e. The van der Waals surface area contributed by atoms with E-state index < -0.39 is 30.9 Å². The lowest BCUT2D eigenvalue weighted by Crippen LogP contribution is -2.29. The molecule has 0 saturated carbocycles. The van der Waals surface area contributed by atoms with Gasteiger partial charge in [-0.2, -0.15) is 0 Å². The van der Waals surface area contributed by atoms with Crippen molar-refractivity contribution in [2.45, 2.75) is 91.0 Å². The van der Waals surface area contributed by atoms with E-state index in [1.807, 2.05) is 13.0 Å². The average molecular weight is 477 g/mol. The van der Waals surface area contributed by atoms with E-state index in [1.54, 1.807) is 0 Å². The lowest BCUT2D eigenvalue weighted by atomic mass is 9.94. The van der Waals surface area contributed by atoms with Crippen molar-refractivity contribution in [1.82, 2.24) is 0 Å². The lowest BCUT2D eigenvalue weighted by molar-refractivity contribution is -0.147. The van der Waals surface area contributed by atoms with Gasteiger partial charge < -0.3 is 34.6 Å². The zero-order valence-electron chi connectivity index (χ0n) is 21.1. The van der Waals surface area contributed by atoms with Crippen LogP contribution in [0.4, 0.5) is 0 Å². The van der Waals surface area contributed by atoms with Crippen molar-refractivity contribution < 1.29 is 39.4 Å². The highest BCUT2D eigenvalue weighted by atomic mass is 16.6. The number of aliphatic hydroxyl groups is 4. The van der Waals surface area contributed by atoms with Crippen LogP contribution in [0.1, 0.15) is 72.6 Å². The summed E-state index contributed by atoms with van der Waals surface area (Å²) < 4.78 is 15.3. The molecule has 0 spiro atoms. The fourth-order valence-electron chi connectivity index (χ4n) is 3.19. The van der Waals surface area contributed by atoms with Crippen LogP contribution in [-0.2, 0) is 19.0 Å². The molecule has 0 rings (SSSR count). The van der Waals surface area contributed by atoms with E-state index in [4.69, 9.17) is 24.4 Å². The van der Waals surface area contributed by atoms with Gasteiger partial charge in [0.05, 0.1) is 39.5 Å². The average Bonchev–Trinajstić information content (AvgIpc) is 2.75. The Balaban J connectivity index is 3.81. The summed E-state index contributed by atoms with van der Waals surface area (Å²) in [6, 6.07) is 0. The monoisotopic (exact) mass is 476 g/mol. The smallest absolute Gasteiger partial charge is 0.309 e. The topological polar surface area (TPSA) is 126 Å². The fraction of sp³-hybridized carbons (Fsp3) is 0.880. The second-order valence-electron chi connectivity index (χ2n) is 9.48. The molecule has 4 unspecified atom stereocenters. The van der Waals surface area contributed by atoms with Gasteiger partial charge in [0.1, 0.15) is 24.9 Å². The lowest BCUT2D eigenvalue weighted by Gasteiger charge is -2.15. The summed E-state index contributed by atoms with van der Waals surface area (Å²) in [4.78, 5) is 11.9. The molecule has 4 N–H and O–H groups in total. The quantitative estimate of drug-likeness (QED) is 0.147. The molecule has 0 fully saturated rings. The van der Waals surface area contributed by atoms with E-state index in [-0.39, 0.29) is 39.5 Å². The highest BCUT2D eigenvalue weighted by molar-refractivity contribution is 5.71. The predicted octanol–water partition coefficient (Wildman–Crippen LogP) is 2.61. The van der Waals surface area contributed by atoms with Gasteiger partial charge in [-0.15, -0.1) is 0 Å². The summed E-state index contributed by atoms with van der Waals surface area (Å²) in [7, 11) is 0. The molecule has 0 bridgehead atoms. The van der Waals surface area contributed by atoms with Crippen LogP contribution >= 0.6 is 0 Å². The molecule has 0 radical (unpaired) electrons. The molecule has 8 nitrogen and oxygen atoms in total. The molecule has 0 aromatic rings. The molecule has 0 aromatic carbocycles. The zero-order chi connectivity index (χ0) is 25.1. The van der Waals surface area contributed by atoms with Gasteiger partial charge in [-0.05, 0) is 31.6 Å². The van der Waals surface area contributed by atoms with E-state index in [0.717, 1.165) is 24.7 Å². The maximum atomic E-state index is 11.9. The Morgan fingerprint density at radius 2 is 1.36 bits per heavy atom. The van der Waals surface area contributed by atoms with Crippen molar-refractivity contribution in [1.29, 1.82) is 0 Å². The Morgan fingerprint density at radius 3 is 1.94 bits per heavy atom. The Morgan fingerprint density at radius 1 is 0.818 bits per heavy atom. The van der Waals surface area contributed by atoms with Gasteiger partial charge in [0.25, 0.3) is 0 Å². The number of hydrogen-bond acceptors (Lipinski definition) is 8. The molecule has 33 heavy (non-hydrogen) atoms. The third-order valence-corrected chi connectivity index (χ3v) is 5.25. The second-order valence-corrected chi connectivity index (χ2v) is 9.48. The number of carbonyl (C=O) groups is 1. The van der Waals surface area contributed by atoms with Crippen molar-refractivity contribution in [3.63, 3.8) is 0 Å². The molecule has 196 valence electrons. The zero-order valence-corrected chi connectivity index (χ0v) is 21.1. The molecule has 8 heteroatoms. The van der Waals surface area contributed by atoms with Crippen molar-refractivity contribution in [2.75, 3.05) is 39.6 Å². The summed E-state index contributed by atoms with van der Waals surface area (Å²) in [6.07, 6.45) is 6.33. The minimum Gasteiger partial charge on any atom is -0.463 e. The summed E-state index contributed by atoms with van der Waals surface area (Å²) in [5.74, 6) is 1.11. The second kappa shape index (κ2) is 20.4. The molecule has 0 saturated heterocycles. The minimum absolute atomic E-state index is 0.0646. The normalized spacial score (nSPS) is 16.0. The molecule has 0 amide bonds. The Hall–Kier alpha value is -1.03. The summed E-state index contributed by atoms with van der Waals surface area (Å²) in [5.41, 5.74) is 1.17. The number of rotatable bonds is 21. The molecule has 0 aliphatic heterocycles. The van der Waals surface area contributed by atoms with E-state index in [1.165, 1.54) is 31.3 Å². The molecule has 0 aliphatic rings. The van der Waals surface area contributed by atoms with E-state index in [9.17, 15) is 15.0 Å². The van der Waals surface area contributed by atoms with Crippen molar-refractivity contribution in [3.8, 4) is 0 Å². The number of allylic oxidation sites excluding steroid dienone is 1. The van der Waals surface area contributed by atoms with Crippen LogP contribution in [0.15, 0.2) is 11.6 Å². The van der Waals surface area contributed by atoms with Gasteiger partial charge in [-0.25, -0.2) is 0 Å². The van der Waals surface area contributed by atoms with Gasteiger partial charge >= 0.3 is 5.97 Å². The van der Waals surface area contributed by atoms with Crippen LogP contribution in [-0.4, -0.2) is 84.3 Å². The van der Waals surface area contributed by atoms with Gasteiger partial charge in [0.2, 0.25) is 0 Å². The third kappa shape index (κ3) is 21.3. The van der Waals surface area contributed by atoms with Crippen LogP contribution in [0.2, 0.25) is 0 Å². The summed E-state index contributed by atoms with van der Waals surface area (Å²) in [5, 5.41) is 37.3. The Labute approximate surface area is 199 Å². The number of aliphatic hydroxyl groups excluding tert-OH is 4. The third-order valence-electron chi connectivity index (χ3n) is 5.25. The molecule has 0 aliphatic carbocycles. The maximum Gasteiger partial charge on any atom is 0.309 e. The van der Waals surface area contributed by atoms with Gasteiger partial charge in [0.15, 0.2) is 0 Å². The minimum atomic E-state index is -0.986. The SMILES string of the molecule is CC(=CCC(=O)OCC(O)COCC(O)COCC(O)CO)CCCC(C)CCCC(C)C. The highest BCUT2D eigenvalue weighted by Crippen LogP contribution is 2.19. The van der Waals surface area contributed by atoms with Crippen LogP contribution in [0.25, 0.3) is 0 Å². The van der Waals surface area contributed by atoms with Crippen LogP contribution < -0.4 is 0 Å².